The van der Waals surface area contributed by atoms with Gasteiger partial charge < -0.3 is 54.6 Å². The third-order valence-corrected chi connectivity index (χ3v) is 7.73. The molecule has 0 saturated heterocycles. The van der Waals surface area contributed by atoms with E-state index in [9.17, 15) is 54.6 Å². The third-order valence-electron chi connectivity index (χ3n) is 7.73. The van der Waals surface area contributed by atoms with Crippen LogP contribution < -0.4 is 84.6 Å². The zero-order chi connectivity index (χ0) is 32.9. The fourth-order valence-electron chi connectivity index (χ4n) is 5.05. The third kappa shape index (κ3) is 17.3. The maximum Gasteiger partial charge on any atom is 3.00 e. The van der Waals surface area contributed by atoms with Gasteiger partial charge in [-0.15, -0.1) is 0 Å². The van der Waals surface area contributed by atoms with Gasteiger partial charge in [0, 0.05) is 39.3 Å². The van der Waals surface area contributed by atoms with Gasteiger partial charge in [0.1, 0.15) is 5.75 Å². The molecule has 0 aliphatic rings. The van der Waals surface area contributed by atoms with E-state index in [2.05, 4.69) is 0 Å². The summed E-state index contributed by atoms with van der Waals surface area (Å²) in [6, 6.07) is 1.59. The Bertz CT molecular complexity index is 1050. The summed E-state index contributed by atoms with van der Waals surface area (Å²) >= 11 is 0. The molecule has 1 radical (unpaired) electrons. The molecule has 1 N–H and O–H groups in total. The fraction of sp³-hybridized carbons (Fsp3) is 0.621. The van der Waals surface area contributed by atoms with E-state index in [0.29, 0.717) is 18.4 Å². The number of carbonyl (C=O) groups is 5. The number of carboxylic acids is 5. The smallest absolute Gasteiger partial charge is 0.549 e. The van der Waals surface area contributed by atoms with E-state index < -0.39 is 72.9 Å². The van der Waals surface area contributed by atoms with Crippen molar-refractivity contribution in [3.63, 3.8) is 0 Å². The first-order valence-corrected chi connectivity index (χ1v) is 14.1. The van der Waals surface area contributed by atoms with Crippen molar-refractivity contribution < 1.29 is 154 Å². The number of benzene rings is 1. The summed E-state index contributed by atoms with van der Waals surface area (Å²) in [4.78, 5) is 63.0. The van der Waals surface area contributed by atoms with Gasteiger partial charge in [0.25, 0.3) is 0 Å². The van der Waals surface area contributed by atoms with E-state index in [1.165, 1.54) is 29.2 Å². The summed E-state index contributed by atoms with van der Waals surface area (Å²) in [6.45, 7) is 4.04. The number of rotatable bonds is 22. The van der Waals surface area contributed by atoms with E-state index in [1.807, 2.05) is 0 Å². The number of hydrogen-bond acceptors (Lipinski definition) is 14. The van der Waals surface area contributed by atoms with Crippen LogP contribution in [0.2, 0.25) is 0 Å². The number of carbonyl (C=O) groups excluding carboxylic acids is 5. The molecule has 1 aromatic carbocycles. The minimum absolute atomic E-state index is 0. The Hall–Kier alpha value is -0.425. The molecular formula is C29H40GdN3Na2O11. The van der Waals surface area contributed by atoms with Crippen LogP contribution in [0.1, 0.15) is 46.1 Å². The van der Waals surface area contributed by atoms with Gasteiger partial charge in [0.05, 0.1) is 48.0 Å². The Morgan fingerprint density at radius 3 is 1.28 bits per heavy atom. The summed E-state index contributed by atoms with van der Waals surface area (Å²) < 4.78 is 0. The van der Waals surface area contributed by atoms with Crippen LogP contribution in [-0.4, -0.2) is 107 Å². The second kappa shape index (κ2) is 25.5. The molecule has 3 unspecified atom stereocenters. The zero-order valence-electron chi connectivity index (χ0n) is 27.3. The van der Waals surface area contributed by atoms with Crippen LogP contribution in [0.4, 0.5) is 0 Å². The second-order valence-corrected chi connectivity index (χ2v) is 10.7. The van der Waals surface area contributed by atoms with Crippen LogP contribution in [0.3, 0.4) is 0 Å². The summed E-state index contributed by atoms with van der Waals surface area (Å²) in [5.41, 5.74) is 0.481. The molecule has 0 aromatic heterocycles. The molecule has 247 valence electrons. The largest absolute Gasteiger partial charge is 3.00 e. The second-order valence-electron chi connectivity index (χ2n) is 10.7. The quantitative estimate of drug-likeness (QED) is 0.107. The van der Waals surface area contributed by atoms with Gasteiger partial charge in [-0.3, -0.25) is 14.7 Å². The van der Waals surface area contributed by atoms with E-state index in [0.717, 1.165) is 9.80 Å². The topological polar surface area (TPSA) is 231 Å². The number of hydrogen-bond donors (Lipinski definition) is 1. The monoisotopic (exact) mass is 810 g/mol. The van der Waals surface area contributed by atoms with Crippen LogP contribution in [0.5, 0.6) is 5.75 Å². The molecule has 0 saturated carbocycles. The van der Waals surface area contributed by atoms with Gasteiger partial charge >= 0.3 is 99.1 Å². The normalized spacial score (nSPS) is 14.2. The summed E-state index contributed by atoms with van der Waals surface area (Å²) in [5.74, 6) is -8.84. The van der Waals surface area contributed by atoms with Crippen molar-refractivity contribution in [2.45, 2.75) is 65.1 Å². The Kier molecular flexibility index (Phi) is 27.7. The van der Waals surface area contributed by atoms with Gasteiger partial charge in [-0.05, 0) is 36.0 Å². The van der Waals surface area contributed by atoms with Gasteiger partial charge in [-0.2, -0.15) is 0 Å². The number of carboxylic acid groups (broad SMARTS) is 5. The van der Waals surface area contributed by atoms with Crippen molar-refractivity contribution in [3.05, 3.63) is 29.8 Å². The van der Waals surface area contributed by atoms with Gasteiger partial charge in [0.15, 0.2) is 0 Å². The Morgan fingerprint density at radius 2 is 1.00 bits per heavy atom. The molecular weight excluding hydrogens is 770 g/mol. The van der Waals surface area contributed by atoms with Gasteiger partial charge in [-0.1, -0.05) is 52.7 Å². The van der Waals surface area contributed by atoms with Crippen molar-refractivity contribution >= 4 is 29.8 Å². The predicted molar refractivity (Wildman–Crippen MR) is 142 cm³/mol. The zero-order valence-corrected chi connectivity index (χ0v) is 33.6. The fourth-order valence-corrected chi connectivity index (χ4v) is 5.05. The van der Waals surface area contributed by atoms with Crippen molar-refractivity contribution in [1.29, 1.82) is 0 Å². The molecule has 14 nitrogen and oxygen atoms in total. The van der Waals surface area contributed by atoms with Crippen molar-refractivity contribution in [2.75, 3.05) is 39.3 Å². The molecule has 46 heavy (non-hydrogen) atoms. The van der Waals surface area contributed by atoms with Crippen LogP contribution >= 0.6 is 0 Å². The summed E-state index contributed by atoms with van der Waals surface area (Å²) in [5, 5.41) is 69.0. The van der Waals surface area contributed by atoms with Crippen LogP contribution in [-0.2, 0) is 30.4 Å². The minimum Gasteiger partial charge on any atom is -0.549 e. The Labute approximate surface area is 346 Å². The molecule has 0 amide bonds. The van der Waals surface area contributed by atoms with Gasteiger partial charge in [-0.25, -0.2) is 0 Å². The molecule has 5 atom stereocenters. The Morgan fingerprint density at radius 1 is 0.652 bits per heavy atom. The van der Waals surface area contributed by atoms with Crippen molar-refractivity contribution in [1.82, 2.24) is 14.7 Å². The molecule has 0 aliphatic carbocycles. The summed E-state index contributed by atoms with van der Waals surface area (Å²) in [6.07, 6.45) is 0.577. The summed E-state index contributed by atoms with van der Waals surface area (Å²) in [7, 11) is 0. The van der Waals surface area contributed by atoms with Crippen LogP contribution in [0.25, 0.3) is 0 Å². The SMILES string of the molecule is CC[C@H](C)C(C(=O)[O-])N(CCN(CCN(CC(=O)[O-])C(C(=O)[O-])[C@@H](C)CC)C(Cc1ccc(O)cc1)C(=O)[O-])CC(=O)[O-].[Gd+3].[Na+].[Na+]. The van der Waals surface area contributed by atoms with E-state index in [-0.39, 0.29) is 137 Å². The number of aliphatic carboxylic acids is 5. The molecule has 1 aromatic rings. The standard InChI is InChI=1S/C29H45N3O11.Gd.2Na/c1-5-18(3)25(28(40)41)31(16-23(34)35)13-11-30(22(27(38)39)15-20-7-9-21(33)10-8-20)12-14-32(17-24(36)37)26(29(42)43)19(4)6-2;;;/h7-10,18-19,22,25-26,33H,5-6,11-17H2,1-4H3,(H,34,35)(H,36,37)(H,38,39)(H,40,41)(H,42,43);;;/q;+3;2*+1/p-5/t18-,19-,22?,25?,26?;;;/m0.../s1. The molecule has 1 rings (SSSR count). The molecule has 17 heteroatoms. The first kappa shape index (κ1) is 50.0. The molecule has 0 heterocycles. The minimum atomic E-state index is -1.56. The number of phenols is 1. The Balaban J connectivity index is -0.00000616. The average molecular weight is 810 g/mol. The van der Waals surface area contributed by atoms with Crippen molar-refractivity contribution in [2.24, 2.45) is 11.8 Å². The molecule has 0 fully saturated rings. The van der Waals surface area contributed by atoms with E-state index in [1.54, 1.807) is 27.7 Å². The predicted octanol–water partition coefficient (Wildman–Crippen LogP) is -11.2. The maximum atomic E-state index is 12.4. The first-order valence-electron chi connectivity index (χ1n) is 14.1. The van der Waals surface area contributed by atoms with Gasteiger partial charge in [0.2, 0.25) is 0 Å². The molecule has 0 spiro atoms. The van der Waals surface area contributed by atoms with Crippen LogP contribution in [0.15, 0.2) is 24.3 Å². The molecule has 0 aliphatic heterocycles. The number of aromatic hydroxyl groups is 1. The van der Waals surface area contributed by atoms with Crippen LogP contribution in [0, 0.1) is 51.8 Å². The number of nitrogens with zero attached hydrogens (tertiary/aromatic N) is 3. The number of phenolic OH excluding ortho intramolecular Hbond substituents is 1. The van der Waals surface area contributed by atoms with E-state index in [4.69, 9.17) is 0 Å². The first-order chi connectivity index (χ1) is 20.1. The van der Waals surface area contributed by atoms with E-state index >= 15 is 0 Å². The average Bonchev–Trinajstić information content (AvgIpc) is 2.91. The van der Waals surface area contributed by atoms with Crippen molar-refractivity contribution in [3.8, 4) is 5.75 Å². The maximum absolute atomic E-state index is 12.4. The molecule has 0 bridgehead atoms.